The molecule has 1 N–H and O–H groups in total. The van der Waals surface area contributed by atoms with Crippen LogP contribution in [0.25, 0.3) is 0 Å². The van der Waals surface area contributed by atoms with Gasteiger partial charge in [0.25, 0.3) is 10.1 Å². The lowest BCUT2D eigenvalue weighted by Crippen LogP contribution is -2.43. The molecule has 0 aromatic rings. The van der Waals surface area contributed by atoms with E-state index in [0.717, 1.165) is 6.26 Å². The first-order chi connectivity index (χ1) is 8.29. The van der Waals surface area contributed by atoms with E-state index >= 15 is 0 Å². The first-order valence-corrected chi connectivity index (χ1v) is 7.43. The lowest BCUT2D eigenvalue weighted by Gasteiger charge is -2.28. The Balaban J connectivity index is 1.96. The predicted octanol–water partition coefficient (Wildman–Crippen LogP) is -0.777. The van der Waals surface area contributed by atoms with Gasteiger partial charge in [0, 0.05) is 11.8 Å². The molecule has 1 heterocycles. The second kappa shape index (κ2) is 3.45. The van der Waals surface area contributed by atoms with E-state index in [2.05, 4.69) is 0 Å². The molecular weight excluding hydrogens is 264 g/mol. The first-order valence-electron chi connectivity index (χ1n) is 5.61. The SMILES string of the molecule is CS(=O)(=O)O[C@H]1[C@H]2C[C@H]3[C@@H]1OC(=O)[C@H]3[C@H]2C(=O)O. The number of hydrogen-bond acceptors (Lipinski definition) is 6. The van der Waals surface area contributed by atoms with Gasteiger partial charge in [-0.25, -0.2) is 0 Å². The Morgan fingerprint density at radius 2 is 2.11 bits per heavy atom. The molecule has 0 radical (unpaired) electrons. The highest BCUT2D eigenvalue weighted by atomic mass is 32.2. The Labute approximate surface area is 103 Å². The predicted molar refractivity (Wildman–Crippen MR) is 55.8 cm³/mol. The molecule has 7 nitrogen and oxygen atoms in total. The standard InChI is InChI=1S/C10H12O7S/c1-18(14,15)17-8-3-2-4-6(5(3)9(11)12)10(13)16-7(4)8/h3-8H,2H2,1H3,(H,11,12)/t3-,4+,5-,6+,7-,8-/m0/s1. The van der Waals surface area contributed by atoms with E-state index in [0.29, 0.717) is 6.42 Å². The molecule has 3 fully saturated rings. The van der Waals surface area contributed by atoms with Crippen molar-refractivity contribution in [3.05, 3.63) is 0 Å². The fourth-order valence-electron chi connectivity index (χ4n) is 3.66. The van der Waals surface area contributed by atoms with E-state index in [-0.39, 0.29) is 5.92 Å². The molecule has 0 aromatic carbocycles. The number of carboxylic acid groups (broad SMARTS) is 1. The summed E-state index contributed by atoms with van der Waals surface area (Å²) >= 11 is 0. The maximum Gasteiger partial charge on any atom is 0.310 e. The highest BCUT2D eigenvalue weighted by molar-refractivity contribution is 7.86. The van der Waals surface area contributed by atoms with Crippen LogP contribution >= 0.6 is 0 Å². The second-order valence-electron chi connectivity index (χ2n) is 5.12. The van der Waals surface area contributed by atoms with Crippen LogP contribution < -0.4 is 0 Å². The zero-order chi connectivity index (χ0) is 13.2. The summed E-state index contributed by atoms with van der Waals surface area (Å²) in [5.41, 5.74) is 0. The third-order valence-electron chi connectivity index (χ3n) is 4.12. The van der Waals surface area contributed by atoms with Gasteiger partial charge in [-0.15, -0.1) is 0 Å². The van der Waals surface area contributed by atoms with Gasteiger partial charge in [-0.3, -0.25) is 13.8 Å². The van der Waals surface area contributed by atoms with E-state index in [4.69, 9.17) is 8.92 Å². The molecule has 1 saturated heterocycles. The van der Waals surface area contributed by atoms with Crippen LogP contribution in [0.4, 0.5) is 0 Å². The molecule has 100 valence electrons. The Hall–Kier alpha value is -1.15. The summed E-state index contributed by atoms with van der Waals surface area (Å²) < 4.78 is 32.4. The van der Waals surface area contributed by atoms with Crippen LogP contribution in [0.2, 0.25) is 0 Å². The Kier molecular flexibility index (Phi) is 2.28. The molecule has 8 heteroatoms. The molecule has 2 saturated carbocycles. The van der Waals surface area contributed by atoms with Crippen molar-refractivity contribution in [1.82, 2.24) is 0 Å². The minimum Gasteiger partial charge on any atom is -0.481 e. The van der Waals surface area contributed by atoms with Gasteiger partial charge < -0.3 is 9.84 Å². The zero-order valence-corrected chi connectivity index (χ0v) is 10.3. The van der Waals surface area contributed by atoms with Crippen molar-refractivity contribution in [2.75, 3.05) is 6.26 Å². The Morgan fingerprint density at radius 3 is 2.67 bits per heavy atom. The number of rotatable bonds is 3. The molecule has 3 aliphatic rings. The van der Waals surface area contributed by atoms with E-state index in [1.165, 1.54) is 0 Å². The van der Waals surface area contributed by atoms with Crippen molar-refractivity contribution in [3.63, 3.8) is 0 Å². The van der Waals surface area contributed by atoms with Crippen LogP contribution in [0.1, 0.15) is 6.42 Å². The fourth-order valence-corrected chi connectivity index (χ4v) is 4.31. The van der Waals surface area contributed by atoms with Crippen LogP contribution in [-0.4, -0.2) is 43.9 Å². The minimum absolute atomic E-state index is 0.227. The Morgan fingerprint density at radius 1 is 1.44 bits per heavy atom. The third kappa shape index (κ3) is 1.48. The highest BCUT2D eigenvalue weighted by Crippen LogP contribution is 2.58. The van der Waals surface area contributed by atoms with Gasteiger partial charge in [0.1, 0.15) is 12.2 Å². The molecule has 2 aliphatic carbocycles. The summed E-state index contributed by atoms with van der Waals surface area (Å²) in [5, 5.41) is 9.18. The van der Waals surface area contributed by atoms with Crippen molar-refractivity contribution in [2.24, 2.45) is 23.7 Å². The summed E-state index contributed by atoms with van der Waals surface area (Å²) in [4.78, 5) is 22.9. The topological polar surface area (TPSA) is 107 Å². The smallest absolute Gasteiger partial charge is 0.310 e. The van der Waals surface area contributed by atoms with Gasteiger partial charge in [-0.2, -0.15) is 8.42 Å². The average molecular weight is 276 g/mol. The largest absolute Gasteiger partial charge is 0.481 e. The maximum atomic E-state index is 11.6. The summed E-state index contributed by atoms with van der Waals surface area (Å²) in [6.07, 6.45) is -0.0898. The molecule has 6 atom stereocenters. The quantitative estimate of drug-likeness (QED) is 0.532. The van der Waals surface area contributed by atoms with Gasteiger partial charge in [0.05, 0.1) is 18.1 Å². The zero-order valence-electron chi connectivity index (χ0n) is 9.48. The minimum atomic E-state index is -3.71. The summed E-state index contributed by atoms with van der Waals surface area (Å²) in [6, 6.07) is 0. The van der Waals surface area contributed by atoms with Gasteiger partial charge >= 0.3 is 11.9 Å². The number of carbonyl (C=O) groups excluding carboxylic acids is 1. The number of carbonyl (C=O) groups is 2. The molecule has 1 aliphatic heterocycles. The summed E-state index contributed by atoms with van der Waals surface area (Å²) in [5.74, 6) is -3.87. The summed E-state index contributed by atoms with van der Waals surface area (Å²) in [6.45, 7) is 0. The second-order valence-corrected chi connectivity index (χ2v) is 6.72. The number of fused-ring (bicyclic) bond motifs is 1. The number of hydrogen-bond donors (Lipinski definition) is 1. The molecule has 3 rings (SSSR count). The number of esters is 1. The van der Waals surface area contributed by atoms with E-state index in [1.54, 1.807) is 0 Å². The fraction of sp³-hybridized carbons (Fsp3) is 0.800. The maximum absolute atomic E-state index is 11.6. The molecule has 0 unspecified atom stereocenters. The van der Waals surface area contributed by atoms with Crippen LogP contribution in [-0.2, 0) is 28.6 Å². The van der Waals surface area contributed by atoms with Crippen molar-refractivity contribution in [2.45, 2.75) is 18.6 Å². The third-order valence-corrected chi connectivity index (χ3v) is 4.69. The van der Waals surface area contributed by atoms with Crippen LogP contribution in [0.15, 0.2) is 0 Å². The van der Waals surface area contributed by atoms with Crippen LogP contribution in [0, 0.1) is 23.7 Å². The van der Waals surface area contributed by atoms with Crippen molar-refractivity contribution >= 4 is 22.1 Å². The lowest BCUT2D eigenvalue weighted by molar-refractivity contribution is -0.151. The highest BCUT2D eigenvalue weighted by Gasteiger charge is 2.69. The van der Waals surface area contributed by atoms with Crippen LogP contribution in [0.5, 0.6) is 0 Å². The van der Waals surface area contributed by atoms with Gasteiger partial charge in [-0.1, -0.05) is 0 Å². The Bertz CT molecular complexity index is 524. The number of ether oxygens (including phenoxy) is 1. The molecule has 18 heavy (non-hydrogen) atoms. The van der Waals surface area contributed by atoms with E-state index in [1.807, 2.05) is 0 Å². The van der Waals surface area contributed by atoms with Crippen molar-refractivity contribution in [3.8, 4) is 0 Å². The van der Waals surface area contributed by atoms with Gasteiger partial charge in [-0.05, 0) is 6.42 Å². The van der Waals surface area contributed by atoms with Crippen molar-refractivity contribution < 1.29 is 32.0 Å². The van der Waals surface area contributed by atoms with Gasteiger partial charge in [0.15, 0.2) is 0 Å². The summed E-state index contributed by atoms with van der Waals surface area (Å²) in [7, 11) is -3.71. The number of carboxylic acids is 1. The molecule has 2 bridgehead atoms. The monoisotopic (exact) mass is 276 g/mol. The van der Waals surface area contributed by atoms with Crippen molar-refractivity contribution in [1.29, 1.82) is 0 Å². The number of aliphatic carboxylic acids is 1. The average Bonchev–Trinajstić information content (AvgIpc) is 2.78. The lowest BCUT2D eigenvalue weighted by atomic mass is 9.78. The molecule has 0 amide bonds. The molecular formula is C10H12O7S. The van der Waals surface area contributed by atoms with E-state index < -0.39 is 52.0 Å². The van der Waals surface area contributed by atoms with Crippen LogP contribution in [0.3, 0.4) is 0 Å². The van der Waals surface area contributed by atoms with E-state index in [9.17, 15) is 23.1 Å². The molecule has 0 aromatic heterocycles. The first kappa shape index (κ1) is 11.9. The molecule has 0 spiro atoms. The normalized spacial score (nSPS) is 45.3. The van der Waals surface area contributed by atoms with Gasteiger partial charge in [0.2, 0.25) is 0 Å².